The van der Waals surface area contributed by atoms with Crippen LogP contribution in [-0.4, -0.2) is 19.2 Å². The summed E-state index contributed by atoms with van der Waals surface area (Å²) in [6.07, 6.45) is 5.46. The van der Waals surface area contributed by atoms with E-state index in [4.69, 9.17) is 9.47 Å². The van der Waals surface area contributed by atoms with E-state index in [1.807, 2.05) is 42.5 Å². The highest BCUT2D eigenvalue weighted by Gasteiger charge is 2.39. The average Bonchev–Trinajstić information content (AvgIpc) is 2.66. The molecule has 3 nitrogen and oxygen atoms in total. The second kappa shape index (κ2) is 8.82. The summed E-state index contributed by atoms with van der Waals surface area (Å²) in [5.41, 5.74) is -0.346. The van der Waals surface area contributed by atoms with Crippen LogP contribution in [-0.2, 0) is 19.9 Å². The number of fused-ring (bicyclic) bond motifs is 1. The summed E-state index contributed by atoms with van der Waals surface area (Å²) in [4.78, 5) is 12.9. The van der Waals surface area contributed by atoms with Gasteiger partial charge in [-0.25, -0.2) is 4.79 Å². The highest BCUT2D eigenvalue weighted by Crippen LogP contribution is 2.33. The molecule has 0 spiro atoms. The van der Waals surface area contributed by atoms with Gasteiger partial charge in [0.2, 0.25) is 0 Å². The number of rotatable bonds is 9. The Bertz CT molecular complexity index is 717. The first kappa shape index (κ1) is 19.2. The van der Waals surface area contributed by atoms with E-state index in [0.717, 1.165) is 42.0 Å². The first-order chi connectivity index (χ1) is 12.1. The van der Waals surface area contributed by atoms with Crippen LogP contribution >= 0.6 is 0 Å². The molecule has 0 aliphatic carbocycles. The van der Waals surface area contributed by atoms with Gasteiger partial charge in [-0.2, -0.15) is 0 Å². The molecule has 3 heteroatoms. The smallest absolute Gasteiger partial charge is 0.343 e. The number of carbonyl (C=O) groups excluding carboxylic acids is 1. The minimum absolute atomic E-state index is 0.288. The van der Waals surface area contributed by atoms with E-state index in [9.17, 15) is 4.79 Å². The Hall–Kier alpha value is -2.13. The monoisotopic (exact) mass is 340 g/mol. The van der Waals surface area contributed by atoms with E-state index < -0.39 is 5.60 Å². The van der Waals surface area contributed by atoms with Crippen molar-refractivity contribution in [3.8, 4) is 0 Å². The normalized spacial score (nSPS) is 14.7. The molecule has 0 bridgehead atoms. The molecule has 25 heavy (non-hydrogen) atoms. The van der Waals surface area contributed by atoms with Crippen molar-refractivity contribution in [2.24, 2.45) is 0 Å². The zero-order valence-corrected chi connectivity index (χ0v) is 15.5. The minimum atomic E-state index is -1.16. The summed E-state index contributed by atoms with van der Waals surface area (Å²) < 4.78 is 11.4. The third-order valence-electron chi connectivity index (χ3n) is 4.71. The summed E-state index contributed by atoms with van der Waals surface area (Å²) >= 11 is 0. The maximum atomic E-state index is 12.9. The van der Waals surface area contributed by atoms with Crippen LogP contribution in [0.4, 0.5) is 0 Å². The Morgan fingerprint density at radius 3 is 2.60 bits per heavy atom. The van der Waals surface area contributed by atoms with Crippen LogP contribution in [0.15, 0.2) is 55.1 Å². The molecule has 2 aromatic rings. The fourth-order valence-corrected chi connectivity index (χ4v) is 3.01. The van der Waals surface area contributed by atoms with Gasteiger partial charge in [0.25, 0.3) is 0 Å². The summed E-state index contributed by atoms with van der Waals surface area (Å²) in [6, 6.07) is 13.9. The number of hydrogen-bond acceptors (Lipinski definition) is 3. The maximum Gasteiger partial charge on any atom is 0.343 e. The van der Waals surface area contributed by atoms with Crippen LogP contribution in [0, 0.1) is 0 Å². The predicted octanol–water partition coefficient (Wildman–Crippen LogP) is 5.38. The Labute approximate surface area is 150 Å². The summed E-state index contributed by atoms with van der Waals surface area (Å²) in [5, 5.41) is 2.06. The Balaban J connectivity index is 2.28. The van der Waals surface area contributed by atoms with Crippen molar-refractivity contribution in [1.82, 2.24) is 0 Å². The maximum absolute atomic E-state index is 12.9. The molecule has 134 valence electrons. The number of carbonyl (C=O) groups is 1. The molecule has 0 saturated heterocycles. The van der Waals surface area contributed by atoms with Crippen LogP contribution in [0.2, 0.25) is 0 Å². The molecule has 0 saturated carbocycles. The van der Waals surface area contributed by atoms with Gasteiger partial charge in [0.05, 0.1) is 0 Å². The van der Waals surface area contributed by atoms with Gasteiger partial charge < -0.3 is 9.47 Å². The van der Waals surface area contributed by atoms with Gasteiger partial charge in [-0.1, -0.05) is 74.9 Å². The van der Waals surface area contributed by atoms with E-state index in [2.05, 4.69) is 13.5 Å². The van der Waals surface area contributed by atoms with Gasteiger partial charge >= 0.3 is 5.97 Å². The molecule has 2 rings (SSSR count). The minimum Gasteiger partial charge on any atom is -0.456 e. The Kier molecular flexibility index (Phi) is 6.77. The van der Waals surface area contributed by atoms with Gasteiger partial charge in [-0.15, -0.1) is 0 Å². The molecule has 0 amide bonds. The van der Waals surface area contributed by atoms with Gasteiger partial charge in [-0.05, 0) is 30.5 Å². The lowest BCUT2D eigenvalue weighted by Gasteiger charge is -2.29. The van der Waals surface area contributed by atoms with E-state index in [-0.39, 0.29) is 12.1 Å². The fraction of sp³-hybridized carbons (Fsp3) is 0.409. The van der Waals surface area contributed by atoms with Gasteiger partial charge in [0.15, 0.2) is 5.60 Å². The quantitative estimate of drug-likeness (QED) is 0.349. The number of methoxy groups -OCH3 is 1. The SMILES string of the molecule is C=C[C@H](CCCCC)OC(=O)[C@@](C)(OC)c1cccc2ccccc12. The molecule has 2 aromatic carbocycles. The molecule has 0 unspecified atom stereocenters. The van der Waals surface area contributed by atoms with Gasteiger partial charge in [-0.3, -0.25) is 0 Å². The molecular formula is C22H28O3. The highest BCUT2D eigenvalue weighted by atomic mass is 16.6. The second-order valence-electron chi connectivity index (χ2n) is 6.44. The van der Waals surface area contributed by atoms with Crippen molar-refractivity contribution in [1.29, 1.82) is 0 Å². The molecule has 0 aliphatic rings. The van der Waals surface area contributed by atoms with E-state index in [0.29, 0.717) is 0 Å². The van der Waals surface area contributed by atoms with E-state index in [1.54, 1.807) is 20.1 Å². The van der Waals surface area contributed by atoms with E-state index >= 15 is 0 Å². The number of hydrogen-bond donors (Lipinski definition) is 0. The highest BCUT2D eigenvalue weighted by molar-refractivity contribution is 5.92. The molecule has 0 aromatic heterocycles. The average molecular weight is 340 g/mol. The summed E-state index contributed by atoms with van der Waals surface area (Å²) in [7, 11) is 1.54. The van der Waals surface area contributed by atoms with Crippen molar-refractivity contribution < 1.29 is 14.3 Å². The lowest BCUT2D eigenvalue weighted by Crippen LogP contribution is -2.38. The molecule has 0 aliphatic heterocycles. The van der Waals surface area contributed by atoms with Crippen molar-refractivity contribution in [3.05, 3.63) is 60.7 Å². The standard InChI is InChI=1S/C22H28O3/c1-5-7-8-14-18(6-2)25-21(23)22(3,24-4)20-16-11-13-17-12-9-10-15-19(17)20/h6,9-13,15-16,18H,2,5,7-8,14H2,1,3-4H3/t18-,22+/m1/s1. The zero-order chi connectivity index (χ0) is 18.3. The molecule has 0 radical (unpaired) electrons. The molecular weight excluding hydrogens is 312 g/mol. The number of ether oxygens (including phenoxy) is 2. The summed E-state index contributed by atoms with van der Waals surface area (Å²) in [5.74, 6) is -0.382. The number of esters is 1. The van der Waals surface area contributed by atoms with Crippen LogP contribution in [0.1, 0.15) is 45.1 Å². The van der Waals surface area contributed by atoms with Crippen LogP contribution in [0.25, 0.3) is 10.8 Å². The topological polar surface area (TPSA) is 35.5 Å². The van der Waals surface area contributed by atoms with Crippen molar-refractivity contribution in [2.45, 2.75) is 51.2 Å². The number of unbranched alkanes of at least 4 members (excludes halogenated alkanes) is 2. The van der Waals surface area contributed by atoms with Gasteiger partial charge in [0, 0.05) is 12.7 Å². The summed E-state index contributed by atoms with van der Waals surface area (Å²) in [6.45, 7) is 7.72. The lowest BCUT2D eigenvalue weighted by molar-refractivity contribution is -0.172. The van der Waals surface area contributed by atoms with Crippen LogP contribution in [0.3, 0.4) is 0 Å². The van der Waals surface area contributed by atoms with Crippen molar-refractivity contribution in [2.75, 3.05) is 7.11 Å². The van der Waals surface area contributed by atoms with Crippen LogP contribution < -0.4 is 0 Å². The van der Waals surface area contributed by atoms with Crippen molar-refractivity contribution >= 4 is 16.7 Å². The lowest BCUT2D eigenvalue weighted by atomic mass is 9.90. The molecule has 0 fully saturated rings. The predicted molar refractivity (Wildman–Crippen MR) is 103 cm³/mol. The third kappa shape index (κ3) is 4.29. The first-order valence-corrected chi connectivity index (χ1v) is 8.93. The van der Waals surface area contributed by atoms with Crippen LogP contribution in [0.5, 0.6) is 0 Å². The third-order valence-corrected chi connectivity index (χ3v) is 4.71. The Morgan fingerprint density at radius 1 is 1.20 bits per heavy atom. The van der Waals surface area contributed by atoms with Crippen molar-refractivity contribution in [3.63, 3.8) is 0 Å². The zero-order valence-electron chi connectivity index (χ0n) is 15.5. The van der Waals surface area contributed by atoms with Gasteiger partial charge in [0.1, 0.15) is 6.10 Å². The van der Waals surface area contributed by atoms with E-state index in [1.165, 1.54) is 0 Å². The molecule has 0 N–H and O–H groups in total. The Morgan fingerprint density at radius 2 is 1.92 bits per heavy atom. The molecule has 2 atom stereocenters. The largest absolute Gasteiger partial charge is 0.456 e. The second-order valence-corrected chi connectivity index (χ2v) is 6.44. The fourth-order valence-electron chi connectivity index (χ4n) is 3.01. The number of benzene rings is 2. The first-order valence-electron chi connectivity index (χ1n) is 8.93. The molecule has 0 heterocycles.